The number of fused-ring (bicyclic) bond motifs is 1. The van der Waals surface area contributed by atoms with Crippen molar-refractivity contribution in [3.05, 3.63) is 35.6 Å². The molecule has 1 N–H and O–H groups in total. The molecule has 1 aromatic carbocycles. The Bertz CT molecular complexity index is 588. The lowest BCUT2D eigenvalue weighted by Crippen LogP contribution is -2.33. The third-order valence-electron chi connectivity index (χ3n) is 2.95. The SMILES string of the molecule is CCC(NC)C(=O)c1cc2occ(F)c2cc1F. The lowest BCUT2D eigenvalue weighted by molar-refractivity contribution is 0.0941. The molecular weight excluding hydrogens is 240 g/mol. The van der Waals surface area contributed by atoms with Crippen LogP contribution in [0.5, 0.6) is 0 Å². The van der Waals surface area contributed by atoms with Crippen LogP contribution in [-0.4, -0.2) is 18.9 Å². The van der Waals surface area contributed by atoms with E-state index >= 15 is 0 Å². The molecule has 0 saturated heterocycles. The molecule has 0 aliphatic carbocycles. The second kappa shape index (κ2) is 4.86. The Morgan fingerprint density at radius 1 is 1.39 bits per heavy atom. The van der Waals surface area contributed by atoms with Crippen molar-refractivity contribution in [1.29, 1.82) is 0 Å². The molecule has 0 bridgehead atoms. The van der Waals surface area contributed by atoms with Crippen LogP contribution < -0.4 is 5.32 Å². The molecule has 1 aromatic heterocycles. The van der Waals surface area contributed by atoms with E-state index in [-0.39, 0.29) is 22.3 Å². The Morgan fingerprint density at radius 2 is 2.11 bits per heavy atom. The summed E-state index contributed by atoms with van der Waals surface area (Å²) in [6, 6.07) is 1.77. The van der Waals surface area contributed by atoms with Crippen molar-refractivity contribution in [2.24, 2.45) is 0 Å². The van der Waals surface area contributed by atoms with Crippen molar-refractivity contribution < 1.29 is 18.0 Å². The molecule has 96 valence electrons. The van der Waals surface area contributed by atoms with Crippen LogP contribution in [0.3, 0.4) is 0 Å². The third-order valence-corrected chi connectivity index (χ3v) is 2.95. The molecule has 1 heterocycles. The molecule has 0 aliphatic rings. The van der Waals surface area contributed by atoms with Gasteiger partial charge >= 0.3 is 0 Å². The molecule has 2 rings (SSSR count). The average molecular weight is 253 g/mol. The third kappa shape index (κ3) is 2.01. The number of benzene rings is 1. The van der Waals surface area contributed by atoms with Gasteiger partial charge in [-0.05, 0) is 25.6 Å². The summed E-state index contributed by atoms with van der Waals surface area (Å²) in [5.41, 5.74) is 0.0845. The number of carbonyl (C=O) groups excluding carboxylic acids is 1. The van der Waals surface area contributed by atoms with Gasteiger partial charge in [-0.3, -0.25) is 4.79 Å². The van der Waals surface area contributed by atoms with Crippen molar-refractivity contribution in [3.8, 4) is 0 Å². The van der Waals surface area contributed by atoms with Crippen LogP contribution in [0.25, 0.3) is 11.0 Å². The summed E-state index contributed by atoms with van der Waals surface area (Å²) >= 11 is 0. The number of Topliss-reactive ketones (excluding diaryl/α,β-unsaturated/α-hetero) is 1. The summed E-state index contributed by atoms with van der Waals surface area (Å²) in [5, 5.41) is 2.85. The molecule has 0 amide bonds. The van der Waals surface area contributed by atoms with Crippen LogP contribution in [0.1, 0.15) is 23.7 Å². The van der Waals surface area contributed by atoms with Gasteiger partial charge in [0.05, 0.1) is 17.0 Å². The van der Waals surface area contributed by atoms with E-state index < -0.39 is 17.7 Å². The predicted molar refractivity (Wildman–Crippen MR) is 63.6 cm³/mol. The lowest BCUT2D eigenvalue weighted by Gasteiger charge is -2.12. The first kappa shape index (κ1) is 12.7. The Morgan fingerprint density at radius 3 is 2.72 bits per heavy atom. The number of nitrogens with one attached hydrogen (secondary N) is 1. The number of rotatable bonds is 4. The molecule has 0 fully saturated rings. The van der Waals surface area contributed by atoms with Gasteiger partial charge in [-0.1, -0.05) is 6.92 Å². The van der Waals surface area contributed by atoms with E-state index in [2.05, 4.69) is 5.32 Å². The van der Waals surface area contributed by atoms with Gasteiger partial charge in [0, 0.05) is 0 Å². The normalized spacial score (nSPS) is 12.9. The first-order chi connectivity index (χ1) is 8.58. The van der Waals surface area contributed by atoms with Gasteiger partial charge < -0.3 is 9.73 Å². The van der Waals surface area contributed by atoms with Crippen LogP contribution >= 0.6 is 0 Å². The fourth-order valence-electron chi connectivity index (χ4n) is 1.91. The first-order valence-electron chi connectivity index (χ1n) is 5.66. The van der Waals surface area contributed by atoms with Crippen molar-refractivity contribution >= 4 is 16.8 Å². The van der Waals surface area contributed by atoms with Crippen molar-refractivity contribution in [3.63, 3.8) is 0 Å². The summed E-state index contributed by atoms with van der Waals surface area (Å²) < 4.78 is 31.9. The molecule has 5 heteroatoms. The minimum Gasteiger partial charge on any atom is -0.461 e. The van der Waals surface area contributed by atoms with E-state index in [9.17, 15) is 13.6 Å². The summed E-state index contributed by atoms with van der Waals surface area (Å²) in [6.45, 7) is 1.82. The summed E-state index contributed by atoms with van der Waals surface area (Å²) in [4.78, 5) is 12.0. The number of ketones is 1. The Balaban J connectivity index is 2.51. The highest BCUT2D eigenvalue weighted by atomic mass is 19.1. The Labute approximate surface area is 103 Å². The minimum absolute atomic E-state index is 0.0431. The number of carbonyl (C=O) groups is 1. The fraction of sp³-hybridized carbons (Fsp3) is 0.308. The predicted octanol–water partition coefficient (Wildman–Crippen LogP) is 2.89. The molecule has 3 nitrogen and oxygen atoms in total. The fourth-order valence-corrected chi connectivity index (χ4v) is 1.91. The van der Waals surface area contributed by atoms with Crippen LogP contribution in [0.15, 0.2) is 22.8 Å². The van der Waals surface area contributed by atoms with Gasteiger partial charge in [-0.25, -0.2) is 8.78 Å². The highest BCUT2D eigenvalue weighted by Crippen LogP contribution is 2.24. The minimum atomic E-state index is -0.735. The summed E-state index contributed by atoms with van der Waals surface area (Å²) in [7, 11) is 1.63. The van der Waals surface area contributed by atoms with Gasteiger partial charge in [0.15, 0.2) is 11.6 Å². The second-order valence-corrected chi connectivity index (χ2v) is 4.03. The monoisotopic (exact) mass is 253 g/mol. The zero-order valence-corrected chi connectivity index (χ0v) is 10.1. The summed E-state index contributed by atoms with van der Waals surface area (Å²) in [6.07, 6.45) is 1.44. The maximum absolute atomic E-state index is 13.8. The maximum atomic E-state index is 13.8. The van der Waals surface area contributed by atoms with Gasteiger partial charge in [0.1, 0.15) is 17.7 Å². The van der Waals surface area contributed by atoms with E-state index in [1.807, 2.05) is 6.92 Å². The number of halogens is 2. The first-order valence-corrected chi connectivity index (χ1v) is 5.66. The Hall–Kier alpha value is -1.75. The van der Waals surface area contributed by atoms with Gasteiger partial charge in [0.2, 0.25) is 0 Å². The lowest BCUT2D eigenvalue weighted by atomic mass is 10.0. The maximum Gasteiger partial charge on any atom is 0.182 e. The topological polar surface area (TPSA) is 42.2 Å². The smallest absolute Gasteiger partial charge is 0.182 e. The molecular formula is C13H13F2NO2. The molecule has 0 saturated carbocycles. The van der Waals surface area contributed by atoms with Crippen LogP contribution in [0.2, 0.25) is 0 Å². The molecule has 1 atom stereocenters. The molecule has 0 radical (unpaired) electrons. The van der Waals surface area contributed by atoms with Gasteiger partial charge in [-0.15, -0.1) is 0 Å². The van der Waals surface area contributed by atoms with Crippen LogP contribution in [0, 0.1) is 11.6 Å². The van der Waals surface area contributed by atoms with Gasteiger partial charge in [0.25, 0.3) is 0 Å². The van der Waals surface area contributed by atoms with Crippen LogP contribution in [-0.2, 0) is 0 Å². The van der Waals surface area contributed by atoms with Gasteiger partial charge in [-0.2, -0.15) is 0 Å². The number of hydrogen-bond donors (Lipinski definition) is 1. The van der Waals surface area contributed by atoms with E-state index in [0.717, 1.165) is 12.3 Å². The standard InChI is InChI=1S/C13H13F2NO2/c1-3-11(16-2)13(17)8-5-12-7(4-9(8)14)10(15)6-18-12/h4-6,11,16H,3H2,1-2H3. The quantitative estimate of drug-likeness (QED) is 0.852. The zero-order valence-electron chi connectivity index (χ0n) is 10.1. The molecule has 2 aromatic rings. The van der Waals surface area contributed by atoms with E-state index in [0.29, 0.717) is 6.42 Å². The average Bonchev–Trinajstić information content (AvgIpc) is 2.71. The zero-order chi connectivity index (χ0) is 13.3. The number of hydrogen-bond acceptors (Lipinski definition) is 3. The van der Waals surface area contributed by atoms with Crippen LogP contribution in [0.4, 0.5) is 8.78 Å². The van der Waals surface area contributed by atoms with E-state index in [1.165, 1.54) is 6.07 Å². The highest BCUT2D eigenvalue weighted by Gasteiger charge is 2.21. The Kier molecular flexibility index (Phi) is 3.43. The molecule has 1 unspecified atom stereocenters. The van der Waals surface area contributed by atoms with Crippen molar-refractivity contribution in [1.82, 2.24) is 5.32 Å². The van der Waals surface area contributed by atoms with E-state index in [4.69, 9.17) is 4.42 Å². The molecule has 0 spiro atoms. The second-order valence-electron chi connectivity index (χ2n) is 4.03. The van der Waals surface area contributed by atoms with Crippen molar-refractivity contribution in [2.75, 3.05) is 7.05 Å². The number of likely N-dealkylation sites (N-methyl/N-ethyl adjacent to an activating group) is 1. The van der Waals surface area contributed by atoms with Crippen molar-refractivity contribution in [2.45, 2.75) is 19.4 Å². The number of furan rings is 1. The largest absolute Gasteiger partial charge is 0.461 e. The highest BCUT2D eigenvalue weighted by molar-refractivity contribution is 6.02. The molecule has 0 aliphatic heterocycles. The van der Waals surface area contributed by atoms with E-state index in [1.54, 1.807) is 7.05 Å². The molecule has 18 heavy (non-hydrogen) atoms. The summed E-state index contributed by atoms with van der Waals surface area (Å²) in [5.74, 6) is -1.73.